The Bertz CT molecular complexity index is 97.6. The van der Waals surface area contributed by atoms with Crippen LogP contribution < -0.4 is 0 Å². The Labute approximate surface area is 50.3 Å². The Morgan fingerprint density at radius 1 is 1.38 bits per heavy atom. The summed E-state index contributed by atoms with van der Waals surface area (Å²) in [6, 6.07) is 0. The third kappa shape index (κ3) is 5.34. The summed E-state index contributed by atoms with van der Waals surface area (Å²) < 4.78 is 0. The minimum Gasteiger partial charge on any atom is -0.167 e. The minimum absolute atomic E-state index is 0.126. The van der Waals surface area contributed by atoms with E-state index in [-0.39, 0.29) is 5.41 Å². The molecule has 0 aromatic rings. The van der Waals surface area contributed by atoms with E-state index >= 15 is 0 Å². The summed E-state index contributed by atoms with van der Waals surface area (Å²) in [6.45, 7) is 9.39. The summed E-state index contributed by atoms with van der Waals surface area (Å²) in [5.74, 6) is 0. The maximum atomic E-state index is 3.63. The molecule has 0 aromatic carbocycles. The number of hydrogen-bond donors (Lipinski definition) is 0. The van der Waals surface area contributed by atoms with Crippen molar-refractivity contribution in [3.05, 3.63) is 0 Å². The lowest BCUT2D eigenvalue weighted by Crippen LogP contribution is -2.05. The Morgan fingerprint density at radius 2 is 1.88 bits per heavy atom. The maximum absolute atomic E-state index is 3.63. The largest absolute Gasteiger partial charge is 0.167 e. The van der Waals surface area contributed by atoms with E-state index in [1.807, 2.05) is 0 Å². The van der Waals surface area contributed by atoms with Crippen LogP contribution in [0.15, 0.2) is 10.2 Å². The van der Waals surface area contributed by atoms with E-state index < -0.39 is 0 Å². The molecule has 0 aromatic heterocycles. The van der Waals surface area contributed by atoms with Gasteiger partial charge >= 0.3 is 0 Å². The first kappa shape index (κ1) is 7.34. The van der Waals surface area contributed by atoms with Gasteiger partial charge in [-0.15, -0.1) is 0 Å². The fourth-order valence-corrected chi connectivity index (χ4v) is 0.214. The lowest BCUT2D eigenvalue weighted by Gasteiger charge is -2.07. The van der Waals surface area contributed by atoms with Crippen LogP contribution in [0.2, 0.25) is 0 Å². The standard InChI is InChI=1S/C6H12N2/c1-6(2,3)5-8-7-4/h5H,4H2,1-3H3. The van der Waals surface area contributed by atoms with Crippen molar-refractivity contribution in [2.24, 2.45) is 15.6 Å². The predicted octanol–water partition coefficient (Wildman–Crippen LogP) is 1.72. The fraction of sp³-hybridized carbons (Fsp3) is 0.667. The molecule has 0 rings (SSSR count). The highest BCUT2D eigenvalue weighted by atomic mass is 15.2. The Balaban J connectivity index is 3.69. The van der Waals surface area contributed by atoms with Gasteiger partial charge in [0.25, 0.3) is 0 Å². The summed E-state index contributed by atoms with van der Waals surface area (Å²) in [5.41, 5.74) is 0.126. The monoisotopic (exact) mass is 112 g/mol. The van der Waals surface area contributed by atoms with E-state index in [1.165, 1.54) is 0 Å². The molecular formula is C6H12N2. The number of hydrogen-bond acceptors (Lipinski definition) is 2. The SMILES string of the molecule is C=NN=CC(C)(C)C. The van der Waals surface area contributed by atoms with Gasteiger partial charge in [-0.25, -0.2) is 0 Å². The lowest BCUT2D eigenvalue weighted by molar-refractivity contribution is 0.605. The van der Waals surface area contributed by atoms with Gasteiger partial charge in [-0.05, 0) is 5.41 Å². The molecule has 0 saturated heterocycles. The average Bonchev–Trinajstić information content (AvgIpc) is 1.59. The van der Waals surface area contributed by atoms with Gasteiger partial charge in [0.1, 0.15) is 0 Å². The molecule has 0 unspecified atom stereocenters. The van der Waals surface area contributed by atoms with Crippen LogP contribution in [-0.4, -0.2) is 12.9 Å². The zero-order valence-corrected chi connectivity index (χ0v) is 5.68. The Hall–Kier alpha value is -0.660. The first-order valence-corrected chi connectivity index (χ1v) is 2.56. The van der Waals surface area contributed by atoms with Crippen molar-refractivity contribution in [1.82, 2.24) is 0 Å². The van der Waals surface area contributed by atoms with Crippen LogP contribution in [0.5, 0.6) is 0 Å². The summed E-state index contributed by atoms with van der Waals surface area (Å²) in [6.07, 6.45) is 1.76. The van der Waals surface area contributed by atoms with Crippen molar-refractivity contribution < 1.29 is 0 Å². The molecule has 0 N–H and O–H groups in total. The van der Waals surface area contributed by atoms with Gasteiger partial charge in [-0.2, -0.15) is 10.2 Å². The van der Waals surface area contributed by atoms with E-state index in [2.05, 4.69) is 37.7 Å². The maximum Gasteiger partial charge on any atom is 0.0323 e. The van der Waals surface area contributed by atoms with Crippen LogP contribution in [0.3, 0.4) is 0 Å². The highest BCUT2D eigenvalue weighted by Gasteiger charge is 2.03. The van der Waals surface area contributed by atoms with E-state index in [1.54, 1.807) is 6.21 Å². The molecule has 0 aliphatic carbocycles. The van der Waals surface area contributed by atoms with Gasteiger partial charge in [0.15, 0.2) is 0 Å². The third-order valence-corrected chi connectivity index (χ3v) is 0.527. The van der Waals surface area contributed by atoms with Gasteiger partial charge in [0, 0.05) is 12.9 Å². The number of nitrogens with zero attached hydrogens (tertiary/aromatic N) is 2. The smallest absolute Gasteiger partial charge is 0.0323 e. The molecule has 0 spiro atoms. The second-order valence-corrected chi connectivity index (χ2v) is 2.75. The molecule has 0 aliphatic rings. The molecule has 0 bridgehead atoms. The van der Waals surface area contributed by atoms with Crippen LogP contribution in [-0.2, 0) is 0 Å². The fourth-order valence-electron chi connectivity index (χ4n) is 0.214. The van der Waals surface area contributed by atoms with Gasteiger partial charge in [0.2, 0.25) is 0 Å². The highest BCUT2D eigenvalue weighted by molar-refractivity contribution is 5.63. The van der Waals surface area contributed by atoms with Gasteiger partial charge in [-0.1, -0.05) is 20.8 Å². The van der Waals surface area contributed by atoms with Crippen molar-refractivity contribution >= 4 is 12.9 Å². The molecule has 0 saturated carbocycles. The van der Waals surface area contributed by atoms with Gasteiger partial charge in [0.05, 0.1) is 0 Å². The molecule has 46 valence electrons. The second-order valence-electron chi connectivity index (χ2n) is 2.75. The summed E-state index contributed by atoms with van der Waals surface area (Å²) in [7, 11) is 0. The van der Waals surface area contributed by atoms with Crippen LogP contribution in [0, 0.1) is 5.41 Å². The second kappa shape index (κ2) is 2.60. The normalized spacial score (nSPS) is 12.4. The molecule has 8 heavy (non-hydrogen) atoms. The molecule has 0 amide bonds. The molecule has 2 heteroatoms. The van der Waals surface area contributed by atoms with Crippen molar-refractivity contribution in [2.75, 3.05) is 0 Å². The van der Waals surface area contributed by atoms with Crippen LogP contribution in [0.4, 0.5) is 0 Å². The summed E-state index contributed by atoms with van der Waals surface area (Å²) >= 11 is 0. The molecule has 0 fully saturated rings. The van der Waals surface area contributed by atoms with Crippen LogP contribution in [0.25, 0.3) is 0 Å². The van der Waals surface area contributed by atoms with E-state index in [0.717, 1.165) is 0 Å². The van der Waals surface area contributed by atoms with Crippen molar-refractivity contribution in [3.63, 3.8) is 0 Å². The predicted molar refractivity (Wildman–Crippen MR) is 37.5 cm³/mol. The van der Waals surface area contributed by atoms with Crippen molar-refractivity contribution in [1.29, 1.82) is 0 Å². The van der Waals surface area contributed by atoms with Crippen LogP contribution in [0.1, 0.15) is 20.8 Å². The van der Waals surface area contributed by atoms with Crippen molar-refractivity contribution in [3.8, 4) is 0 Å². The topological polar surface area (TPSA) is 24.7 Å². The van der Waals surface area contributed by atoms with Crippen molar-refractivity contribution in [2.45, 2.75) is 20.8 Å². The summed E-state index contributed by atoms with van der Waals surface area (Å²) in [5, 5.41) is 6.97. The zero-order chi connectivity index (χ0) is 6.62. The first-order valence-electron chi connectivity index (χ1n) is 2.56. The minimum atomic E-state index is 0.126. The Kier molecular flexibility index (Phi) is 2.38. The first-order chi connectivity index (χ1) is 3.56. The molecule has 2 nitrogen and oxygen atoms in total. The highest BCUT2D eigenvalue weighted by Crippen LogP contribution is 2.07. The molecule has 0 atom stereocenters. The van der Waals surface area contributed by atoms with Crippen LogP contribution >= 0.6 is 0 Å². The zero-order valence-electron chi connectivity index (χ0n) is 5.68. The molecular weight excluding hydrogens is 100 g/mol. The third-order valence-electron chi connectivity index (χ3n) is 0.527. The lowest BCUT2D eigenvalue weighted by atomic mass is 9.99. The van der Waals surface area contributed by atoms with E-state index in [0.29, 0.717) is 0 Å². The van der Waals surface area contributed by atoms with E-state index in [9.17, 15) is 0 Å². The quantitative estimate of drug-likeness (QED) is 0.364. The Morgan fingerprint density at radius 3 is 2.00 bits per heavy atom. The molecule has 0 aliphatic heterocycles. The van der Waals surface area contributed by atoms with E-state index in [4.69, 9.17) is 0 Å². The average molecular weight is 112 g/mol. The summed E-state index contributed by atoms with van der Waals surface area (Å²) in [4.78, 5) is 0. The number of rotatable bonds is 1. The van der Waals surface area contributed by atoms with Gasteiger partial charge < -0.3 is 0 Å². The van der Waals surface area contributed by atoms with Gasteiger partial charge in [-0.3, -0.25) is 0 Å². The molecule has 0 radical (unpaired) electrons. The molecule has 0 heterocycles.